The molecule has 3 aliphatic heterocycles. The minimum atomic E-state index is -2.12. The number of esters is 2. The fraction of sp³-hybridized carbons (Fsp3) is 0.640. The van der Waals surface area contributed by atoms with E-state index in [1.807, 2.05) is 44.2 Å². The number of carbonyl (C=O) groups excluding carboxylic acids is 3. The van der Waals surface area contributed by atoms with Crippen molar-refractivity contribution in [2.24, 2.45) is 11.8 Å². The molecule has 0 aromatic heterocycles. The average molecular weight is 474 g/mol. The number of amides is 1. The molecule has 0 N–H and O–H groups in total. The lowest BCUT2D eigenvalue weighted by molar-refractivity contribution is -0.184. The zero-order chi connectivity index (χ0) is 24.3. The molecule has 180 valence electrons. The van der Waals surface area contributed by atoms with Gasteiger partial charge in [-0.05, 0) is 37.5 Å². The largest absolute Gasteiger partial charge is 0.459 e. The van der Waals surface area contributed by atoms with Gasteiger partial charge in [0.2, 0.25) is 5.91 Å². The molecule has 3 fully saturated rings. The Bertz CT molecular complexity index is 957. The van der Waals surface area contributed by atoms with E-state index in [1.165, 1.54) is 0 Å². The van der Waals surface area contributed by atoms with Crippen LogP contribution in [0.3, 0.4) is 0 Å². The highest BCUT2D eigenvalue weighted by Gasteiger charge is 2.75. The smallest absolute Gasteiger partial charge is 0.329 e. The van der Waals surface area contributed by atoms with E-state index >= 15 is 0 Å². The van der Waals surface area contributed by atoms with Crippen molar-refractivity contribution in [1.82, 2.24) is 4.90 Å². The molecule has 4 rings (SSSR count). The number of hydrogen-bond acceptors (Lipinski definition) is 6. The summed E-state index contributed by atoms with van der Waals surface area (Å²) in [7, 11) is -2.12. The van der Waals surface area contributed by atoms with Crippen molar-refractivity contribution in [3.05, 3.63) is 35.9 Å². The third-order valence-electron chi connectivity index (χ3n) is 8.16. The topological polar surface area (TPSA) is 82.1 Å². The van der Waals surface area contributed by atoms with E-state index in [0.29, 0.717) is 0 Å². The Labute approximate surface area is 196 Å². The summed E-state index contributed by atoms with van der Waals surface area (Å²) in [6, 6.07) is 8.19. The first kappa shape index (κ1) is 23.9. The minimum absolute atomic E-state index is 0.000537. The minimum Gasteiger partial charge on any atom is -0.459 e. The third-order valence-corrected chi connectivity index (χ3v) is 12.7. The molecule has 1 aromatic rings. The van der Waals surface area contributed by atoms with Crippen LogP contribution in [0.1, 0.15) is 46.6 Å². The molecule has 1 aromatic carbocycles. The summed E-state index contributed by atoms with van der Waals surface area (Å²) < 4.78 is 17.9. The van der Waals surface area contributed by atoms with E-state index < -0.39 is 43.8 Å². The zero-order valence-corrected chi connectivity index (χ0v) is 21.6. The zero-order valence-electron chi connectivity index (χ0n) is 20.6. The predicted octanol–water partition coefficient (Wildman–Crippen LogP) is 3.67. The second-order valence-corrected chi connectivity index (χ2v) is 16.1. The lowest BCUT2D eigenvalue weighted by atomic mass is 9.74. The maximum absolute atomic E-state index is 13.4. The Morgan fingerprint density at radius 1 is 1.24 bits per heavy atom. The van der Waals surface area contributed by atoms with E-state index in [9.17, 15) is 14.4 Å². The van der Waals surface area contributed by atoms with Gasteiger partial charge in [-0.15, -0.1) is 0 Å². The summed E-state index contributed by atoms with van der Waals surface area (Å²) in [6.07, 6.45) is -0.234. The maximum Gasteiger partial charge on any atom is 0.329 e. The van der Waals surface area contributed by atoms with Crippen LogP contribution < -0.4 is 0 Å². The Hall–Kier alpha value is -2.19. The number of β-lactam (4-membered cyclic amide) rings is 1. The predicted molar refractivity (Wildman–Crippen MR) is 124 cm³/mol. The van der Waals surface area contributed by atoms with Gasteiger partial charge in [0.1, 0.15) is 18.2 Å². The van der Waals surface area contributed by atoms with E-state index in [-0.39, 0.29) is 36.0 Å². The molecule has 3 saturated heterocycles. The van der Waals surface area contributed by atoms with Crippen molar-refractivity contribution in [1.29, 1.82) is 0 Å². The lowest BCUT2D eigenvalue weighted by Gasteiger charge is -2.52. The molecule has 1 amide bonds. The van der Waals surface area contributed by atoms with Gasteiger partial charge in [-0.1, -0.05) is 51.1 Å². The van der Waals surface area contributed by atoms with E-state index in [0.717, 1.165) is 5.56 Å². The number of carbonyl (C=O) groups is 3. The molecule has 3 heterocycles. The quantitative estimate of drug-likeness (QED) is 0.356. The van der Waals surface area contributed by atoms with Gasteiger partial charge in [0.25, 0.3) is 0 Å². The highest BCUT2D eigenvalue weighted by molar-refractivity contribution is 6.74. The molecule has 3 aliphatic rings. The van der Waals surface area contributed by atoms with Crippen molar-refractivity contribution in [2.75, 3.05) is 0 Å². The highest BCUT2D eigenvalue weighted by Crippen LogP contribution is 2.56. The number of ether oxygens (including phenoxy) is 2. The van der Waals surface area contributed by atoms with Gasteiger partial charge in [-0.2, -0.15) is 0 Å². The normalized spacial score (nSPS) is 32.0. The van der Waals surface area contributed by atoms with Crippen LogP contribution in [0.25, 0.3) is 0 Å². The van der Waals surface area contributed by atoms with Crippen molar-refractivity contribution in [3.63, 3.8) is 0 Å². The van der Waals surface area contributed by atoms with Crippen LogP contribution in [0.5, 0.6) is 0 Å². The molecule has 0 radical (unpaired) electrons. The number of benzene rings is 1. The Balaban J connectivity index is 1.56. The van der Waals surface area contributed by atoms with Crippen molar-refractivity contribution in [2.45, 2.75) is 89.6 Å². The number of hydrogen-bond donors (Lipinski definition) is 0. The van der Waals surface area contributed by atoms with Crippen LogP contribution >= 0.6 is 0 Å². The highest BCUT2D eigenvalue weighted by atomic mass is 28.4. The third kappa shape index (κ3) is 3.81. The van der Waals surface area contributed by atoms with E-state index in [2.05, 4.69) is 33.9 Å². The SMILES string of the molecule is C[C@@H](O[Si](C)(C)C(C)(C)C)[C@H]1C(=O)N2[C@@H]1[C@@]1(C)OC(=O)C[C@H]1[C@@H]2C(=O)OCc1ccccc1. The van der Waals surface area contributed by atoms with Crippen molar-refractivity contribution in [3.8, 4) is 0 Å². The summed E-state index contributed by atoms with van der Waals surface area (Å²) in [5.41, 5.74) is -0.0527. The lowest BCUT2D eigenvalue weighted by Crippen LogP contribution is -2.70. The summed E-state index contributed by atoms with van der Waals surface area (Å²) in [5.74, 6) is -1.82. The number of nitrogens with zero attached hydrogens (tertiary/aromatic N) is 1. The molecule has 7 nitrogen and oxygen atoms in total. The van der Waals surface area contributed by atoms with Crippen LogP contribution in [-0.2, 0) is 34.9 Å². The fourth-order valence-electron chi connectivity index (χ4n) is 5.39. The molecular weight excluding hydrogens is 438 g/mol. The summed E-state index contributed by atoms with van der Waals surface area (Å²) in [4.78, 5) is 40.5. The van der Waals surface area contributed by atoms with Crippen LogP contribution in [0, 0.1) is 11.8 Å². The van der Waals surface area contributed by atoms with Gasteiger partial charge in [0, 0.05) is 5.92 Å². The molecule has 8 heteroatoms. The molecule has 6 atom stereocenters. The van der Waals surface area contributed by atoms with Crippen molar-refractivity contribution < 1.29 is 28.3 Å². The summed E-state index contributed by atoms with van der Waals surface area (Å²) in [5, 5.41) is -0.000537. The molecule has 0 spiro atoms. The van der Waals surface area contributed by atoms with Gasteiger partial charge < -0.3 is 18.8 Å². The van der Waals surface area contributed by atoms with E-state index in [4.69, 9.17) is 13.9 Å². The monoisotopic (exact) mass is 473 g/mol. The second-order valence-electron chi connectivity index (χ2n) is 11.3. The molecule has 33 heavy (non-hydrogen) atoms. The van der Waals surface area contributed by atoms with E-state index in [1.54, 1.807) is 4.90 Å². The van der Waals surface area contributed by atoms with Gasteiger partial charge >= 0.3 is 11.9 Å². The Morgan fingerprint density at radius 3 is 2.48 bits per heavy atom. The number of rotatable bonds is 6. The molecule has 0 aliphatic carbocycles. The summed E-state index contributed by atoms with van der Waals surface area (Å²) >= 11 is 0. The first-order valence-corrected chi connectivity index (χ1v) is 14.6. The van der Waals surface area contributed by atoms with Crippen molar-refractivity contribution >= 4 is 26.2 Å². The first-order valence-electron chi connectivity index (χ1n) is 11.7. The Morgan fingerprint density at radius 2 is 1.88 bits per heavy atom. The fourth-order valence-corrected chi connectivity index (χ4v) is 6.82. The number of fused-ring (bicyclic) bond motifs is 3. The van der Waals surface area contributed by atoms with Gasteiger partial charge in [0.05, 0.1) is 24.5 Å². The molecule has 0 unspecified atom stereocenters. The van der Waals surface area contributed by atoms with Crippen LogP contribution in [0.15, 0.2) is 30.3 Å². The average Bonchev–Trinajstić information content (AvgIpc) is 3.11. The maximum atomic E-state index is 13.4. The van der Waals surface area contributed by atoms with Crippen LogP contribution in [0.2, 0.25) is 18.1 Å². The van der Waals surface area contributed by atoms with Gasteiger partial charge in [0.15, 0.2) is 8.32 Å². The van der Waals surface area contributed by atoms with Gasteiger partial charge in [-0.3, -0.25) is 9.59 Å². The standard InChI is InChI=1S/C25H35NO6Si/c1-15(32-33(6,7)24(2,3)4)19-21-25(5)17(13-18(27)31-25)20(26(21)22(19)28)23(29)30-14-16-11-9-8-10-12-16/h8-12,15,17,19-21H,13-14H2,1-7H3/t15-,17+,19-,20-,21+,25+/m1/s1. The molecule has 0 saturated carbocycles. The first-order chi connectivity index (χ1) is 15.3. The second kappa shape index (κ2) is 7.94. The van der Waals surface area contributed by atoms with Gasteiger partial charge in [-0.25, -0.2) is 4.79 Å². The molecular formula is C25H35NO6Si. The summed E-state index contributed by atoms with van der Waals surface area (Å²) in [6.45, 7) is 14.7. The Kier molecular flexibility index (Phi) is 5.76. The molecule has 0 bridgehead atoms. The van der Waals surface area contributed by atoms with Crippen LogP contribution in [0.4, 0.5) is 0 Å². The van der Waals surface area contributed by atoms with Crippen LogP contribution in [-0.4, -0.2) is 54.9 Å².